The molecule has 9 rings (SSSR count). The number of ether oxygens (including phenoxy) is 2. The molecule has 6 aromatic rings. The van der Waals surface area contributed by atoms with E-state index in [2.05, 4.69) is 55.7 Å². The van der Waals surface area contributed by atoms with Crippen molar-refractivity contribution in [3.05, 3.63) is 153 Å². The maximum absolute atomic E-state index is 15.3. The number of halogens is 1. The molecule has 3 aliphatic rings. The second kappa shape index (κ2) is 22.9. The molecule has 0 aromatic heterocycles. The lowest BCUT2D eigenvalue weighted by atomic mass is 9.77. The number of benzene rings is 6. The highest BCUT2D eigenvalue weighted by Crippen LogP contribution is 2.51. The van der Waals surface area contributed by atoms with Crippen LogP contribution in [0, 0.1) is 11.8 Å². The van der Waals surface area contributed by atoms with Crippen LogP contribution in [0.5, 0.6) is 34.5 Å². The largest absolute Gasteiger partial charge is 0.504 e. The van der Waals surface area contributed by atoms with Gasteiger partial charge in [-0.1, -0.05) is 120 Å². The number of carbonyl (C=O) groups excluding carboxylic acids is 2. The topological polar surface area (TPSA) is 117 Å². The van der Waals surface area contributed by atoms with E-state index in [0.717, 1.165) is 56.8 Å². The van der Waals surface area contributed by atoms with Crippen LogP contribution in [-0.2, 0) is 6.42 Å². The second-order valence-electron chi connectivity index (χ2n) is 20.3. The number of fused-ring (bicyclic) bond motifs is 2. The summed E-state index contributed by atoms with van der Waals surface area (Å²) in [4.78, 5) is 30.6. The fourth-order valence-electron chi connectivity index (χ4n) is 11.2. The summed E-state index contributed by atoms with van der Waals surface area (Å²) in [6, 6.07) is 34.0. The van der Waals surface area contributed by atoms with Crippen molar-refractivity contribution in [3.63, 3.8) is 0 Å². The van der Waals surface area contributed by atoms with Crippen molar-refractivity contribution in [3.8, 4) is 34.5 Å². The maximum atomic E-state index is 15.3. The predicted octanol–water partition coefficient (Wildman–Crippen LogP) is 17.9. The highest BCUT2D eigenvalue weighted by molar-refractivity contribution is 6.34. The molecule has 0 atom stereocenters. The Morgan fingerprint density at radius 1 is 0.521 bits per heavy atom. The van der Waals surface area contributed by atoms with Gasteiger partial charge in [-0.2, -0.15) is 0 Å². The van der Waals surface area contributed by atoms with Gasteiger partial charge in [-0.25, -0.2) is 0 Å². The van der Waals surface area contributed by atoms with Gasteiger partial charge in [0.15, 0.2) is 23.0 Å². The molecule has 3 aliphatic carbocycles. The van der Waals surface area contributed by atoms with Gasteiger partial charge >= 0.3 is 0 Å². The number of hydrogen-bond acceptors (Lipinski definition) is 8. The SMILES string of the molecule is CCCCc1ccc(Nc2cc(Oc3ccc(C4CCC(CCCC)CC4)cc3)c(O)c3c2C(=O)c2c(O)c(Oc4ccc(C5CCC(CCCC)CC5)cc4)cc(Nc4cccc(Cl)c4)c2C3=O)cc1. The van der Waals surface area contributed by atoms with Crippen LogP contribution < -0.4 is 20.1 Å². The number of aryl methyl sites for hydroxylation is 1. The zero-order valence-corrected chi connectivity index (χ0v) is 42.4. The van der Waals surface area contributed by atoms with Gasteiger partial charge < -0.3 is 30.3 Å². The Kier molecular flexibility index (Phi) is 16.0. The first-order chi connectivity index (χ1) is 34.6. The molecule has 4 N–H and O–H groups in total. The predicted molar refractivity (Wildman–Crippen MR) is 288 cm³/mol. The van der Waals surface area contributed by atoms with E-state index in [1.54, 1.807) is 30.3 Å². The van der Waals surface area contributed by atoms with Crippen LogP contribution >= 0.6 is 11.6 Å². The smallest absolute Gasteiger partial charge is 0.200 e. The first-order valence-corrected chi connectivity index (χ1v) is 26.8. The quantitative estimate of drug-likeness (QED) is 0.0592. The molecule has 0 saturated heterocycles. The van der Waals surface area contributed by atoms with Crippen LogP contribution in [-0.4, -0.2) is 21.8 Å². The van der Waals surface area contributed by atoms with Crippen LogP contribution in [0.3, 0.4) is 0 Å². The van der Waals surface area contributed by atoms with Crippen molar-refractivity contribution in [2.45, 2.75) is 142 Å². The van der Waals surface area contributed by atoms with Gasteiger partial charge in [-0.15, -0.1) is 0 Å². The first-order valence-electron chi connectivity index (χ1n) is 26.4. The fourth-order valence-corrected chi connectivity index (χ4v) is 11.4. The lowest BCUT2D eigenvalue weighted by molar-refractivity contribution is 0.0974. The van der Waals surface area contributed by atoms with Crippen molar-refractivity contribution in [2.75, 3.05) is 10.6 Å². The number of nitrogens with one attached hydrogen (secondary N) is 2. The molecule has 0 heterocycles. The number of hydrogen-bond donors (Lipinski definition) is 4. The minimum absolute atomic E-state index is 0.00103. The van der Waals surface area contributed by atoms with Gasteiger partial charge in [0, 0.05) is 28.5 Å². The monoisotopic (exact) mass is 972 g/mol. The number of rotatable bonds is 19. The second-order valence-corrected chi connectivity index (χ2v) is 20.8. The molecule has 0 radical (unpaired) electrons. The van der Waals surface area contributed by atoms with Gasteiger partial charge in [0.2, 0.25) is 11.6 Å². The van der Waals surface area contributed by atoms with E-state index in [0.29, 0.717) is 39.7 Å². The first kappa shape index (κ1) is 49.7. The number of phenols is 2. The third-order valence-electron chi connectivity index (χ3n) is 15.4. The average molecular weight is 974 g/mol. The van der Waals surface area contributed by atoms with Crippen molar-refractivity contribution < 1.29 is 29.3 Å². The Bertz CT molecular complexity index is 2810. The van der Waals surface area contributed by atoms with Crippen molar-refractivity contribution in [1.82, 2.24) is 0 Å². The Morgan fingerprint density at radius 2 is 0.972 bits per heavy atom. The van der Waals surface area contributed by atoms with Crippen molar-refractivity contribution in [2.24, 2.45) is 11.8 Å². The van der Waals surface area contributed by atoms with E-state index in [4.69, 9.17) is 21.1 Å². The number of aromatic hydroxyl groups is 2. The molecule has 2 fully saturated rings. The molecule has 0 aliphatic heterocycles. The van der Waals surface area contributed by atoms with Gasteiger partial charge in [0.1, 0.15) is 11.5 Å². The van der Waals surface area contributed by atoms with Crippen molar-refractivity contribution in [1.29, 1.82) is 0 Å². The zero-order valence-electron chi connectivity index (χ0n) is 41.6. The molecular weight excluding hydrogens is 904 g/mol. The lowest BCUT2D eigenvalue weighted by Crippen LogP contribution is -2.24. The summed E-state index contributed by atoms with van der Waals surface area (Å²) in [6.45, 7) is 6.67. The van der Waals surface area contributed by atoms with E-state index in [-0.39, 0.29) is 45.1 Å². The van der Waals surface area contributed by atoms with E-state index in [1.165, 1.54) is 87.0 Å². The summed E-state index contributed by atoms with van der Waals surface area (Å²) in [7, 11) is 0. The van der Waals surface area contributed by atoms with Gasteiger partial charge in [-0.3, -0.25) is 9.59 Å². The molecule has 71 heavy (non-hydrogen) atoms. The molecule has 8 nitrogen and oxygen atoms in total. The Balaban J connectivity index is 1.07. The van der Waals surface area contributed by atoms with E-state index >= 15 is 9.59 Å². The molecule has 370 valence electrons. The normalized spacial score (nSPS) is 18.6. The highest BCUT2D eigenvalue weighted by Gasteiger charge is 2.41. The minimum atomic E-state index is -0.680. The summed E-state index contributed by atoms with van der Waals surface area (Å²) in [6.07, 6.45) is 20.4. The molecular formula is C62H69ClN2O6. The van der Waals surface area contributed by atoms with Crippen LogP contribution in [0.2, 0.25) is 5.02 Å². The summed E-state index contributed by atoms with van der Waals surface area (Å²) >= 11 is 6.44. The minimum Gasteiger partial charge on any atom is -0.504 e. The molecule has 9 heteroatoms. The third-order valence-corrected chi connectivity index (χ3v) is 15.6. The summed E-state index contributed by atoms with van der Waals surface area (Å²) < 4.78 is 12.9. The fraction of sp³-hybridized carbons (Fsp3) is 0.387. The van der Waals surface area contributed by atoms with Crippen LogP contribution in [0.4, 0.5) is 22.7 Å². The number of anilines is 4. The summed E-state index contributed by atoms with van der Waals surface area (Å²) in [5.74, 6) is 1.19. The summed E-state index contributed by atoms with van der Waals surface area (Å²) in [5, 5.41) is 31.5. The van der Waals surface area contributed by atoms with Crippen LogP contribution in [0.15, 0.2) is 109 Å². The van der Waals surface area contributed by atoms with Crippen LogP contribution in [0.1, 0.15) is 184 Å². The number of ketones is 2. The Morgan fingerprint density at radius 3 is 1.41 bits per heavy atom. The number of carbonyl (C=O) groups is 2. The molecule has 0 spiro atoms. The summed E-state index contributed by atoms with van der Waals surface area (Å²) in [5.41, 5.74) is 4.62. The standard InChI is InChI=1S/C62H69ClN2O6/c1-4-7-11-39-16-22-42(23-17-39)44-26-32-49(33-27-44)70-53-37-51(64-47-30-20-41(21-31-47)13-9-6-3)55-57(59(53)66)62(69)56-52(65-48-15-10-14-46(63)36-48)38-54(60(67)58(56)61(55)68)71-50-34-28-45(29-35-50)43-24-18-40(19-25-43)12-8-5-2/h10,14-15,20-21,26-40,42-43,64-67H,4-9,11-13,16-19,22-25H2,1-3H3. The average Bonchev–Trinajstić information content (AvgIpc) is 3.39. The lowest BCUT2D eigenvalue weighted by Gasteiger charge is -2.29. The molecule has 0 unspecified atom stereocenters. The van der Waals surface area contributed by atoms with Crippen molar-refractivity contribution >= 4 is 45.9 Å². The molecule has 0 amide bonds. The van der Waals surface area contributed by atoms with E-state index < -0.39 is 23.1 Å². The van der Waals surface area contributed by atoms with Crippen LogP contribution in [0.25, 0.3) is 0 Å². The molecule has 2 saturated carbocycles. The zero-order chi connectivity index (χ0) is 49.4. The third kappa shape index (κ3) is 11.4. The van der Waals surface area contributed by atoms with Gasteiger partial charge in [0.05, 0.1) is 33.6 Å². The maximum Gasteiger partial charge on any atom is 0.200 e. The number of unbranched alkanes of at least 4 members (excludes halogenated alkanes) is 3. The Hall–Kier alpha value is -6.25. The molecule has 6 aromatic carbocycles. The van der Waals surface area contributed by atoms with Gasteiger partial charge in [-0.05, 0) is 159 Å². The number of phenolic OH excluding ortho intramolecular Hbond substituents is 2. The van der Waals surface area contributed by atoms with E-state index in [1.807, 2.05) is 48.5 Å². The van der Waals surface area contributed by atoms with E-state index in [9.17, 15) is 10.2 Å². The highest BCUT2D eigenvalue weighted by atomic mass is 35.5. The molecule has 0 bridgehead atoms. The van der Waals surface area contributed by atoms with Gasteiger partial charge in [0.25, 0.3) is 0 Å². The Labute approximate surface area is 425 Å².